The highest BCUT2D eigenvalue weighted by Crippen LogP contribution is 2.22. The second-order valence-electron chi connectivity index (χ2n) is 6.57. The van der Waals surface area contributed by atoms with Gasteiger partial charge in [0.05, 0.1) is 11.7 Å². The third-order valence-corrected chi connectivity index (χ3v) is 4.62. The maximum absolute atomic E-state index is 12.9. The van der Waals surface area contributed by atoms with Crippen LogP contribution in [0.3, 0.4) is 0 Å². The van der Waals surface area contributed by atoms with Crippen molar-refractivity contribution in [1.29, 1.82) is 0 Å². The fourth-order valence-corrected chi connectivity index (χ4v) is 2.75. The Hall–Kier alpha value is -2.30. The molecule has 3 atom stereocenters. The normalized spacial score (nSPS) is 26.9. The number of hydrogen-bond acceptors (Lipinski definition) is 3. The van der Waals surface area contributed by atoms with Crippen LogP contribution >= 0.6 is 0 Å². The van der Waals surface area contributed by atoms with Crippen LogP contribution in [0.1, 0.15) is 50.4 Å². The summed E-state index contributed by atoms with van der Waals surface area (Å²) in [6, 6.07) is 6.70. The zero-order valence-corrected chi connectivity index (χ0v) is 15.5. The van der Waals surface area contributed by atoms with E-state index < -0.39 is 6.04 Å². The number of rotatable bonds is 1. The van der Waals surface area contributed by atoms with E-state index in [0.29, 0.717) is 11.3 Å². The van der Waals surface area contributed by atoms with Crippen LogP contribution < -0.4 is 10.1 Å². The fourth-order valence-electron chi connectivity index (χ4n) is 2.75. The average Bonchev–Trinajstić information content (AvgIpc) is 2.61. The lowest BCUT2D eigenvalue weighted by Gasteiger charge is -2.27. The number of amides is 2. The number of likely N-dealkylation sites (N-methyl/N-ethyl adjacent to an activating group) is 1. The Morgan fingerprint density at radius 3 is 2.56 bits per heavy atom. The Kier molecular flexibility index (Phi) is 6.62. The number of nitrogens with one attached hydrogen (secondary N) is 1. The Labute approximate surface area is 150 Å². The van der Waals surface area contributed by atoms with Gasteiger partial charge in [-0.1, -0.05) is 31.2 Å². The van der Waals surface area contributed by atoms with Crippen molar-refractivity contribution < 1.29 is 14.3 Å². The summed E-state index contributed by atoms with van der Waals surface area (Å²) in [4.78, 5) is 26.9. The third-order valence-electron chi connectivity index (χ3n) is 4.62. The fraction of sp³-hybridized carbons (Fsp3) is 0.500. The number of para-hydroxylation sites is 1. The van der Waals surface area contributed by atoms with Crippen LogP contribution in [0.5, 0.6) is 5.75 Å². The molecule has 2 amide bonds. The smallest absolute Gasteiger partial charge is 0.258 e. The monoisotopic (exact) mass is 344 g/mol. The lowest BCUT2D eigenvalue weighted by Crippen LogP contribution is -2.48. The van der Waals surface area contributed by atoms with E-state index in [2.05, 4.69) is 17.5 Å². The first kappa shape index (κ1) is 19.0. The number of fused-ring (bicyclic) bond motifs is 1. The minimum atomic E-state index is -0.557. The van der Waals surface area contributed by atoms with Gasteiger partial charge in [0.1, 0.15) is 11.8 Å². The summed E-state index contributed by atoms with van der Waals surface area (Å²) in [5.74, 6) is 0.197. The minimum Gasteiger partial charge on any atom is -0.490 e. The molecule has 0 spiro atoms. The van der Waals surface area contributed by atoms with Crippen molar-refractivity contribution >= 4 is 11.8 Å². The summed E-state index contributed by atoms with van der Waals surface area (Å²) < 4.78 is 5.98. The standard InChI is InChI=1S/C20H28N2O3/c1-5-16-11-7-6-10-14(2)25-18-13-9-8-12-17(18)20(24)22(4)15(3)19(23)21-16/h6-9,12-16H,5,10-11H2,1-4H3,(H,21,23)/b7-6+/t14-,15+,16-/m0/s1. The Balaban J connectivity index is 2.34. The summed E-state index contributed by atoms with van der Waals surface area (Å²) in [6.07, 6.45) is 6.49. The number of benzene rings is 1. The Morgan fingerprint density at radius 2 is 1.84 bits per heavy atom. The highest BCUT2D eigenvalue weighted by atomic mass is 16.5. The largest absolute Gasteiger partial charge is 0.490 e. The Morgan fingerprint density at radius 1 is 1.16 bits per heavy atom. The molecule has 1 aromatic carbocycles. The number of nitrogens with zero attached hydrogens (tertiary/aromatic N) is 1. The molecule has 0 saturated carbocycles. The van der Waals surface area contributed by atoms with Crippen molar-refractivity contribution in [3.8, 4) is 5.75 Å². The highest BCUT2D eigenvalue weighted by Gasteiger charge is 2.26. The molecule has 0 aromatic heterocycles. The van der Waals surface area contributed by atoms with Crippen molar-refractivity contribution in [1.82, 2.24) is 10.2 Å². The summed E-state index contributed by atoms with van der Waals surface area (Å²) >= 11 is 0. The topological polar surface area (TPSA) is 58.6 Å². The quantitative estimate of drug-likeness (QED) is 0.796. The van der Waals surface area contributed by atoms with Gasteiger partial charge in [0, 0.05) is 19.5 Å². The van der Waals surface area contributed by atoms with Crippen LogP contribution in [-0.2, 0) is 4.79 Å². The van der Waals surface area contributed by atoms with Gasteiger partial charge in [-0.3, -0.25) is 9.59 Å². The highest BCUT2D eigenvalue weighted by molar-refractivity contribution is 5.99. The molecule has 1 heterocycles. The molecule has 136 valence electrons. The first-order valence-electron chi connectivity index (χ1n) is 8.92. The van der Waals surface area contributed by atoms with Gasteiger partial charge in [-0.2, -0.15) is 0 Å². The molecule has 25 heavy (non-hydrogen) atoms. The number of ether oxygens (including phenoxy) is 1. The summed E-state index contributed by atoms with van der Waals surface area (Å²) in [7, 11) is 1.65. The zero-order chi connectivity index (χ0) is 18.4. The number of hydrogen-bond donors (Lipinski definition) is 1. The predicted octanol–water partition coefficient (Wildman–Crippen LogP) is 3.16. The molecule has 0 bridgehead atoms. The van der Waals surface area contributed by atoms with Gasteiger partial charge in [-0.15, -0.1) is 0 Å². The summed E-state index contributed by atoms with van der Waals surface area (Å²) in [5.41, 5.74) is 0.476. The van der Waals surface area contributed by atoms with Crippen molar-refractivity contribution in [2.45, 2.75) is 58.2 Å². The zero-order valence-electron chi connectivity index (χ0n) is 15.5. The van der Waals surface area contributed by atoms with E-state index in [1.54, 1.807) is 32.2 Å². The van der Waals surface area contributed by atoms with Crippen LogP contribution in [0, 0.1) is 0 Å². The van der Waals surface area contributed by atoms with E-state index in [0.717, 1.165) is 19.3 Å². The number of carbonyl (C=O) groups excluding carboxylic acids is 2. The van der Waals surface area contributed by atoms with Crippen LogP contribution in [0.25, 0.3) is 0 Å². The first-order valence-corrected chi connectivity index (χ1v) is 8.92. The molecule has 0 radical (unpaired) electrons. The van der Waals surface area contributed by atoms with Crippen molar-refractivity contribution in [3.05, 3.63) is 42.0 Å². The molecular weight excluding hydrogens is 316 g/mol. The van der Waals surface area contributed by atoms with Crippen molar-refractivity contribution in [3.63, 3.8) is 0 Å². The van der Waals surface area contributed by atoms with Gasteiger partial charge in [-0.25, -0.2) is 0 Å². The SMILES string of the molecule is CC[C@H]1C/C=C/C[C@H](C)Oc2ccccc2C(=O)N(C)[C@H](C)C(=O)N1. The lowest BCUT2D eigenvalue weighted by molar-refractivity contribution is -0.125. The molecule has 5 heteroatoms. The Bertz CT molecular complexity index is 642. The van der Waals surface area contributed by atoms with E-state index >= 15 is 0 Å². The van der Waals surface area contributed by atoms with Crippen molar-refractivity contribution in [2.24, 2.45) is 0 Å². The van der Waals surface area contributed by atoms with E-state index in [9.17, 15) is 9.59 Å². The minimum absolute atomic E-state index is 0.0365. The van der Waals surface area contributed by atoms with Crippen LogP contribution in [0.2, 0.25) is 0 Å². The molecule has 0 saturated heterocycles. The first-order chi connectivity index (χ1) is 11.9. The lowest BCUT2D eigenvalue weighted by atomic mass is 10.1. The van der Waals surface area contributed by atoms with Gasteiger partial charge in [0.2, 0.25) is 5.91 Å². The maximum atomic E-state index is 12.9. The molecule has 0 aliphatic carbocycles. The predicted molar refractivity (Wildman–Crippen MR) is 98.7 cm³/mol. The van der Waals surface area contributed by atoms with Gasteiger partial charge in [0.25, 0.3) is 5.91 Å². The van der Waals surface area contributed by atoms with Crippen LogP contribution in [0.15, 0.2) is 36.4 Å². The maximum Gasteiger partial charge on any atom is 0.258 e. The molecule has 1 N–H and O–H groups in total. The number of carbonyl (C=O) groups is 2. The van der Waals surface area contributed by atoms with Gasteiger partial charge >= 0.3 is 0 Å². The average molecular weight is 344 g/mol. The molecule has 1 aromatic rings. The molecule has 1 aliphatic heterocycles. The van der Waals surface area contributed by atoms with E-state index in [-0.39, 0.29) is 24.0 Å². The van der Waals surface area contributed by atoms with E-state index in [1.165, 1.54) is 4.90 Å². The van der Waals surface area contributed by atoms with Crippen LogP contribution in [0.4, 0.5) is 0 Å². The second kappa shape index (κ2) is 8.70. The molecule has 2 rings (SSSR count). The molecule has 0 unspecified atom stereocenters. The third kappa shape index (κ3) is 4.84. The molecule has 1 aliphatic rings. The van der Waals surface area contributed by atoms with Gasteiger partial charge in [-0.05, 0) is 38.8 Å². The van der Waals surface area contributed by atoms with Gasteiger partial charge < -0.3 is 15.0 Å². The van der Waals surface area contributed by atoms with E-state index in [1.807, 2.05) is 19.9 Å². The molecule has 0 fully saturated rings. The molecular formula is C20H28N2O3. The van der Waals surface area contributed by atoms with Crippen LogP contribution in [-0.4, -0.2) is 41.9 Å². The van der Waals surface area contributed by atoms with Gasteiger partial charge in [0.15, 0.2) is 0 Å². The molecule has 5 nitrogen and oxygen atoms in total. The summed E-state index contributed by atoms with van der Waals surface area (Å²) in [6.45, 7) is 5.78. The van der Waals surface area contributed by atoms with Crippen molar-refractivity contribution in [2.75, 3.05) is 7.05 Å². The summed E-state index contributed by atoms with van der Waals surface area (Å²) in [5, 5.41) is 3.04. The van der Waals surface area contributed by atoms with E-state index in [4.69, 9.17) is 4.74 Å². The second-order valence-corrected chi connectivity index (χ2v) is 6.57.